The van der Waals surface area contributed by atoms with Crippen LogP contribution in [-0.4, -0.2) is 31.6 Å². The van der Waals surface area contributed by atoms with Crippen LogP contribution < -0.4 is 0 Å². The Hall–Kier alpha value is -3.68. The minimum Gasteiger partial charge on any atom is -0.475 e. The first kappa shape index (κ1) is 23.0. The van der Waals surface area contributed by atoms with E-state index in [2.05, 4.69) is 77.7 Å². The predicted octanol–water partition coefficient (Wildman–Crippen LogP) is 5.99. The number of carbonyl (C=O) groups is 1. The summed E-state index contributed by atoms with van der Waals surface area (Å²) in [6, 6.07) is 17.1. The number of benzene rings is 1. The molecule has 0 unspecified atom stereocenters. The van der Waals surface area contributed by atoms with E-state index in [9.17, 15) is 13.2 Å². The Kier molecular flexibility index (Phi) is 6.34. The van der Waals surface area contributed by atoms with E-state index in [1.165, 1.54) is 16.7 Å². The number of carboxylic acid groups (broad SMARTS) is 1. The third-order valence-electron chi connectivity index (χ3n) is 4.82. The van der Waals surface area contributed by atoms with Gasteiger partial charge in [0.05, 0.1) is 11.9 Å². The molecule has 0 saturated heterocycles. The highest BCUT2D eigenvalue weighted by molar-refractivity contribution is 5.73. The fourth-order valence-electron chi connectivity index (χ4n) is 3.06. The van der Waals surface area contributed by atoms with E-state index in [0.717, 1.165) is 16.9 Å². The van der Waals surface area contributed by atoms with Gasteiger partial charge in [-0.3, -0.25) is 9.38 Å². The number of carboxylic acids is 1. The molecule has 3 heterocycles. The molecule has 0 aliphatic rings. The summed E-state index contributed by atoms with van der Waals surface area (Å²) >= 11 is 0. The molecule has 0 bridgehead atoms. The first-order valence-electron chi connectivity index (χ1n) is 9.75. The molecule has 0 radical (unpaired) electrons. The number of hydrogen-bond acceptors (Lipinski definition) is 3. The summed E-state index contributed by atoms with van der Waals surface area (Å²) in [5, 5.41) is 7.12. The van der Waals surface area contributed by atoms with E-state index in [1.807, 2.05) is 18.3 Å². The first-order chi connectivity index (χ1) is 15.0. The maximum absolute atomic E-state index is 10.6. The van der Waals surface area contributed by atoms with E-state index in [0.29, 0.717) is 0 Å². The second-order valence-electron chi connectivity index (χ2n) is 8.15. The Labute approximate surface area is 183 Å². The zero-order chi connectivity index (χ0) is 23.5. The Morgan fingerprint density at radius 3 is 2.03 bits per heavy atom. The van der Waals surface area contributed by atoms with Gasteiger partial charge in [-0.15, -0.1) is 0 Å². The summed E-state index contributed by atoms with van der Waals surface area (Å²) < 4.78 is 33.8. The van der Waals surface area contributed by atoms with Gasteiger partial charge in [-0.2, -0.15) is 13.2 Å². The molecule has 4 rings (SSSR count). The quantitative estimate of drug-likeness (QED) is 0.415. The lowest BCUT2D eigenvalue weighted by molar-refractivity contribution is -0.192. The number of aliphatic carboxylic acids is 1. The Morgan fingerprint density at radius 1 is 0.906 bits per heavy atom. The molecule has 4 aromatic rings. The average molecular weight is 441 g/mol. The number of aromatic nitrogens is 3. The summed E-state index contributed by atoms with van der Waals surface area (Å²) in [5.41, 5.74) is 7.05. The monoisotopic (exact) mass is 441 g/mol. The highest BCUT2D eigenvalue weighted by Crippen LogP contribution is 2.28. The number of nitrogens with zero attached hydrogens (tertiary/aromatic N) is 3. The molecule has 0 aliphatic carbocycles. The maximum Gasteiger partial charge on any atom is 0.490 e. The van der Waals surface area contributed by atoms with Crippen molar-refractivity contribution in [1.29, 1.82) is 0 Å². The molecule has 0 atom stereocenters. The minimum absolute atomic E-state index is 0.172. The van der Waals surface area contributed by atoms with Crippen LogP contribution in [0.5, 0.6) is 0 Å². The van der Waals surface area contributed by atoms with E-state index < -0.39 is 12.1 Å². The van der Waals surface area contributed by atoms with Crippen molar-refractivity contribution >= 4 is 11.6 Å². The zero-order valence-corrected chi connectivity index (χ0v) is 17.8. The highest BCUT2D eigenvalue weighted by Gasteiger charge is 2.38. The van der Waals surface area contributed by atoms with Crippen molar-refractivity contribution in [2.75, 3.05) is 0 Å². The van der Waals surface area contributed by atoms with E-state index in [1.54, 1.807) is 12.4 Å². The smallest absolute Gasteiger partial charge is 0.475 e. The molecule has 1 N–H and O–H groups in total. The average Bonchev–Trinajstić information content (AvgIpc) is 3.17. The molecular weight excluding hydrogens is 419 g/mol. The van der Waals surface area contributed by atoms with Gasteiger partial charge < -0.3 is 5.11 Å². The molecule has 0 saturated carbocycles. The van der Waals surface area contributed by atoms with Gasteiger partial charge in [0.2, 0.25) is 0 Å². The third kappa shape index (κ3) is 5.32. The Bertz CT molecular complexity index is 1210. The summed E-state index contributed by atoms with van der Waals surface area (Å²) in [6.45, 7) is 6.71. The van der Waals surface area contributed by atoms with Gasteiger partial charge in [0.15, 0.2) is 0 Å². The van der Waals surface area contributed by atoms with Crippen molar-refractivity contribution in [3.63, 3.8) is 0 Å². The number of imidazole rings is 1. The molecule has 3 aromatic heterocycles. The Morgan fingerprint density at radius 2 is 1.50 bits per heavy atom. The van der Waals surface area contributed by atoms with Crippen LogP contribution in [0.1, 0.15) is 26.3 Å². The molecule has 32 heavy (non-hydrogen) atoms. The van der Waals surface area contributed by atoms with Crippen molar-refractivity contribution in [3.8, 4) is 22.4 Å². The van der Waals surface area contributed by atoms with Gasteiger partial charge in [-0.1, -0.05) is 45.0 Å². The molecule has 0 fully saturated rings. The van der Waals surface area contributed by atoms with Gasteiger partial charge in [-0.05, 0) is 46.4 Å². The second-order valence-corrected chi connectivity index (χ2v) is 8.15. The lowest BCUT2D eigenvalue weighted by atomic mass is 9.86. The first-order valence-corrected chi connectivity index (χ1v) is 9.75. The normalized spacial score (nSPS) is 11.7. The van der Waals surface area contributed by atoms with E-state index >= 15 is 0 Å². The predicted molar refractivity (Wildman–Crippen MR) is 116 cm³/mol. The van der Waals surface area contributed by atoms with Crippen LogP contribution in [0.4, 0.5) is 13.2 Å². The van der Waals surface area contributed by atoms with Gasteiger partial charge >= 0.3 is 12.1 Å². The number of alkyl halides is 3. The lowest BCUT2D eigenvalue weighted by Gasteiger charge is -2.19. The summed E-state index contributed by atoms with van der Waals surface area (Å²) in [7, 11) is 0. The topological polar surface area (TPSA) is 67.5 Å². The number of halogens is 3. The standard InChI is InChI=1S/C22H21N3.C2HF3O2/c1-22(2,3)19-6-4-16(5-7-19)18-10-13-25-20(15-24-21(25)14-18)17-8-11-23-12-9-17;3-2(4,5)1(6)7/h4-15H,1-3H3;(H,6,7). The molecule has 8 heteroatoms. The van der Waals surface area contributed by atoms with E-state index in [4.69, 9.17) is 9.90 Å². The third-order valence-corrected chi connectivity index (χ3v) is 4.82. The van der Waals surface area contributed by atoms with Crippen molar-refractivity contribution in [3.05, 3.63) is 78.9 Å². The minimum atomic E-state index is -5.08. The Balaban J connectivity index is 0.000000360. The summed E-state index contributed by atoms with van der Waals surface area (Å²) in [6.07, 6.45) is 2.53. The molecule has 1 aromatic carbocycles. The van der Waals surface area contributed by atoms with E-state index in [-0.39, 0.29) is 5.41 Å². The lowest BCUT2D eigenvalue weighted by Crippen LogP contribution is -2.21. The van der Waals surface area contributed by atoms with Crippen molar-refractivity contribution in [1.82, 2.24) is 14.4 Å². The SMILES string of the molecule is CC(C)(C)c1ccc(-c2ccn3c(-c4ccncc4)cnc3c2)cc1.O=C(O)C(F)(F)F. The molecule has 0 spiro atoms. The van der Waals surface area contributed by atoms with Crippen LogP contribution >= 0.6 is 0 Å². The van der Waals surface area contributed by atoms with Crippen LogP contribution in [0.3, 0.4) is 0 Å². The number of hydrogen-bond donors (Lipinski definition) is 1. The number of rotatable bonds is 2. The largest absolute Gasteiger partial charge is 0.490 e. The molecule has 0 amide bonds. The fourth-order valence-corrected chi connectivity index (χ4v) is 3.06. The van der Waals surface area contributed by atoms with Crippen molar-refractivity contribution in [2.45, 2.75) is 32.4 Å². The van der Waals surface area contributed by atoms with Crippen LogP contribution in [0.15, 0.2) is 73.3 Å². The van der Waals surface area contributed by atoms with Crippen LogP contribution in [-0.2, 0) is 10.2 Å². The van der Waals surface area contributed by atoms with Gasteiger partial charge in [0.25, 0.3) is 0 Å². The van der Waals surface area contributed by atoms with Crippen LogP contribution in [0.2, 0.25) is 0 Å². The number of pyridine rings is 2. The van der Waals surface area contributed by atoms with Gasteiger partial charge in [0, 0.05) is 24.2 Å². The van der Waals surface area contributed by atoms with Gasteiger partial charge in [0.1, 0.15) is 5.65 Å². The highest BCUT2D eigenvalue weighted by atomic mass is 19.4. The zero-order valence-electron chi connectivity index (χ0n) is 17.8. The van der Waals surface area contributed by atoms with Crippen molar-refractivity contribution < 1.29 is 23.1 Å². The molecular formula is C24H22F3N3O2. The van der Waals surface area contributed by atoms with Crippen LogP contribution in [0.25, 0.3) is 28.0 Å². The molecule has 166 valence electrons. The second kappa shape index (κ2) is 8.82. The summed E-state index contributed by atoms with van der Waals surface area (Å²) in [5.74, 6) is -2.76. The molecule has 5 nitrogen and oxygen atoms in total. The van der Waals surface area contributed by atoms with Crippen LogP contribution in [0, 0.1) is 0 Å². The van der Waals surface area contributed by atoms with Crippen molar-refractivity contribution in [2.24, 2.45) is 0 Å². The fraction of sp³-hybridized carbons (Fsp3) is 0.208. The summed E-state index contributed by atoms with van der Waals surface area (Å²) in [4.78, 5) is 17.6. The number of fused-ring (bicyclic) bond motifs is 1. The van der Waals surface area contributed by atoms with Gasteiger partial charge in [-0.25, -0.2) is 9.78 Å². The maximum atomic E-state index is 10.6. The molecule has 0 aliphatic heterocycles.